The summed E-state index contributed by atoms with van der Waals surface area (Å²) < 4.78 is 13.6. The van der Waals surface area contributed by atoms with Gasteiger partial charge in [0.25, 0.3) is 0 Å². The molecule has 0 spiro atoms. The van der Waals surface area contributed by atoms with Crippen LogP contribution in [0.25, 0.3) is 11.4 Å². The fraction of sp³-hybridized carbons (Fsp3) is 0.273. The third-order valence-electron chi connectivity index (χ3n) is 2.23. The summed E-state index contributed by atoms with van der Waals surface area (Å²) in [5.41, 5.74) is 1.33. The fourth-order valence-electron chi connectivity index (χ4n) is 1.38. The summed E-state index contributed by atoms with van der Waals surface area (Å²) in [6.07, 6.45) is 0.764. The van der Waals surface area contributed by atoms with Gasteiger partial charge in [0.15, 0.2) is 5.82 Å². The predicted molar refractivity (Wildman–Crippen MR) is 55.9 cm³/mol. The van der Waals surface area contributed by atoms with E-state index in [2.05, 4.69) is 15.2 Å². The van der Waals surface area contributed by atoms with Crippen molar-refractivity contribution in [2.75, 3.05) is 0 Å². The highest BCUT2D eigenvalue weighted by atomic mass is 19.1. The number of nitrogens with one attached hydrogen (secondary N) is 1. The number of H-pyrrole nitrogens is 1. The van der Waals surface area contributed by atoms with Gasteiger partial charge in [0, 0.05) is 6.42 Å². The lowest BCUT2D eigenvalue weighted by molar-refractivity contribution is 0.629. The second kappa shape index (κ2) is 3.81. The Morgan fingerprint density at radius 1 is 1.40 bits per heavy atom. The smallest absolute Gasteiger partial charge is 0.184 e. The molecule has 0 unspecified atom stereocenters. The van der Waals surface area contributed by atoms with Gasteiger partial charge in [-0.05, 0) is 24.6 Å². The van der Waals surface area contributed by atoms with E-state index in [1.165, 1.54) is 6.07 Å². The van der Waals surface area contributed by atoms with Crippen molar-refractivity contribution in [3.63, 3.8) is 0 Å². The summed E-state index contributed by atoms with van der Waals surface area (Å²) in [7, 11) is 0. The zero-order valence-electron chi connectivity index (χ0n) is 8.71. The Morgan fingerprint density at radius 2 is 2.20 bits per heavy atom. The highest BCUT2D eigenvalue weighted by molar-refractivity contribution is 5.55. The normalized spacial score (nSPS) is 10.6. The van der Waals surface area contributed by atoms with Crippen molar-refractivity contribution in [2.24, 2.45) is 0 Å². The molecule has 15 heavy (non-hydrogen) atoms. The summed E-state index contributed by atoms with van der Waals surface area (Å²) >= 11 is 0. The van der Waals surface area contributed by atoms with E-state index >= 15 is 0 Å². The number of rotatable bonds is 2. The summed E-state index contributed by atoms with van der Waals surface area (Å²) in [4.78, 5) is 4.18. The lowest BCUT2D eigenvalue weighted by atomic mass is 10.1. The number of aryl methyl sites for hydroxylation is 2. The standard InChI is InChI=1S/C11H12FN3/c1-3-10-13-11(15-14-10)8-5-4-7(2)6-9(8)12/h4-6H,3H2,1-2H3,(H,13,14,15). The van der Waals surface area contributed by atoms with Crippen LogP contribution in [-0.2, 0) is 6.42 Å². The van der Waals surface area contributed by atoms with Crippen molar-refractivity contribution in [1.29, 1.82) is 0 Å². The molecule has 0 atom stereocenters. The van der Waals surface area contributed by atoms with Gasteiger partial charge < -0.3 is 0 Å². The molecule has 0 radical (unpaired) electrons. The molecule has 0 aliphatic rings. The maximum absolute atomic E-state index is 13.6. The van der Waals surface area contributed by atoms with Crippen LogP contribution in [0.15, 0.2) is 18.2 Å². The van der Waals surface area contributed by atoms with Gasteiger partial charge in [-0.25, -0.2) is 9.37 Å². The van der Waals surface area contributed by atoms with E-state index in [1.54, 1.807) is 6.07 Å². The van der Waals surface area contributed by atoms with Crippen molar-refractivity contribution in [3.05, 3.63) is 35.4 Å². The van der Waals surface area contributed by atoms with Crippen LogP contribution in [0.5, 0.6) is 0 Å². The van der Waals surface area contributed by atoms with Gasteiger partial charge in [0.1, 0.15) is 11.6 Å². The lowest BCUT2D eigenvalue weighted by Crippen LogP contribution is -1.88. The van der Waals surface area contributed by atoms with E-state index < -0.39 is 0 Å². The molecule has 1 aromatic heterocycles. The van der Waals surface area contributed by atoms with Crippen LogP contribution < -0.4 is 0 Å². The van der Waals surface area contributed by atoms with Crippen LogP contribution >= 0.6 is 0 Å². The summed E-state index contributed by atoms with van der Waals surface area (Å²) in [5.74, 6) is 0.908. The van der Waals surface area contributed by atoms with E-state index in [4.69, 9.17) is 0 Å². The molecule has 0 saturated heterocycles. The second-order valence-corrected chi connectivity index (χ2v) is 3.44. The van der Waals surface area contributed by atoms with Crippen LogP contribution in [0, 0.1) is 12.7 Å². The number of nitrogens with zero attached hydrogens (tertiary/aromatic N) is 2. The van der Waals surface area contributed by atoms with Crippen molar-refractivity contribution in [3.8, 4) is 11.4 Å². The van der Waals surface area contributed by atoms with Crippen LogP contribution in [-0.4, -0.2) is 15.2 Å². The first-order chi connectivity index (χ1) is 7.20. The monoisotopic (exact) mass is 205 g/mol. The number of aromatic amines is 1. The molecule has 0 bridgehead atoms. The zero-order chi connectivity index (χ0) is 10.8. The molecule has 0 fully saturated rings. The zero-order valence-corrected chi connectivity index (χ0v) is 8.71. The third kappa shape index (κ3) is 1.88. The van der Waals surface area contributed by atoms with Gasteiger partial charge in [-0.15, -0.1) is 0 Å². The largest absolute Gasteiger partial charge is 0.263 e. The molecular weight excluding hydrogens is 193 g/mol. The molecular formula is C11H12FN3. The Morgan fingerprint density at radius 3 is 2.80 bits per heavy atom. The minimum Gasteiger partial charge on any atom is -0.263 e. The van der Waals surface area contributed by atoms with Gasteiger partial charge in [-0.3, -0.25) is 5.10 Å². The molecule has 4 heteroatoms. The lowest BCUT2D eigenvalue weighted by Gasteiger charge is -1.98. The average molecular weight is 205 g/mol. The van der Waals surface area contributed by atoms with Gasteiger partial charge in [-0.1, -0.05) is 13.0 Å². The first kappa shape index (κ1) is 9.83. The molecule has 2 aromatic rings. The third-order valence-corrected chi connectivity index (χ3v) is 2.23. The number of benzene rings is 1. The number of hydrogen-bond acceptors (Lipinski definition) is 2. The molecule has 0 amide bonds. The van der Waals surface area contributed by atoms with Crippen LogP contribution in [0.4, 0.5) is 4.39 Å². The molecule has 1 N–H and O–H groups in total. The summed E-state index contributed by atoms with van der Waals surface area (Å²) in [5, 5.41) is 6.74. The van der Waals surface area contributed by atoms with Gasteiger partial charge in [0.05, 0.1) is 5.56 Å². The molecule has 0 saturated carbocycles. The maximum atomic E-state index is 13.6. The molecule has 0 aliphatic heterocycles. The van der Waals surface area contributed by atoms with E-state index in [9.17, 15) is 4.39 Å². The molecule has 78 valence electrons. The summed E-state index contributed by atoms with van der Waals surface area (Å²) in [6, 6.07) is 5.03. The highest BCUT2D eigenvalue weighted by Crippen LogP contribution is 2.19. The van der Waals surface area contributed by atoms with Gasteiger partial charge >= 0.3 is 0 Å². The number of hydrogen-bond donors (Lipinski definition) is 1. The molecule has 0 aliphatic carbocycles. The average Bonchev–Trinajstić information content (AvgIpc) is 2.66. The first-order valence-electron chi connectivity index (χ1n) is 4.88. The first-order valence-corrected chi connectivity index (χ1v) is 4.88. The second-order valence-electron chi connectivity index (χ2n) is 3.44. The van der Waals surface area contributed by atoms with Crippen LogP contribution in [0.1, 0.15) is 18.3 Å². The number of halogens is 1. The highest BCUT2D eigenvalue weighted by Gasteiger charge is 2.09. The van der Waals surface area contributed by atoms with Gasteiger partial charge in [-0.2, -0.15) is 5.10 Å². The predicted octanol–water partition coefficient (Wildman–Crippen LogP) is 2.48. The van der Waals surface area contributed by atoms with E-state index in [0.29, 0.717) is 11.4 Å². The van der Waals surface area contributed by atoms with E-state index in [0.717, 1.165) is 17.8 Å². The SMILES string of the molecule is CCc1nc(-c2ccc(C)cc2F)n[nH]1. The fourth-order valence-corrected chi connectivity index (χ4v) is 1.38. The molecule has 1 heterocycles. The summed E-state index contributed by atoms with van der Waals surface area (Å²) in [6.45, 7) is 3.82. The number of aromatic nitrogens is 3. The Bertz CT molecular complexity index is 476. The minimum atomic E-state index is -0.281. The Hall–Kier alpha value is -1.71. The van der Waals surface area contributed by atoms with E-state index in [1.807, 2.05) is 19.9 Å². The minimum absolute atomic E-state index is 0.281. The molecule has 3 nitrogen and oxygen atoms in total. The Balaban J connectivity index is 2.44. The Kier molecular flexibility index (Phi) is 2.49. The topological polar surface area (TPSA) is 41.6 Å². The molecule has 2 rings (SSSR count). The van der Waals surface area contributed by atoms with Crippen LogP contribution in [0.3, 0.4) is 0 Å². The van der Waals surface area contributed by atoms with Crippen molar-refractivity contribution >= 4 is 0 Å². The maximum Gasteiger partial charge on any atom is 0.184 e. The molecule has 1 aromatic carbocycles. The van der Waals surface area contributed by atoms with Crippen molar-refractivity contribution < 1.29 is 4.39 Å². The van der Waals surface area contributed by atoms with Crippen molar-refractivity contribution in [1.82, 2.24) is 15.2 Å². The van der Waals surface area contributed by atoms with Crippen molar-refractivity contribution in [2.45, 2.75) is 20.3 Å². The van der Waals surface area contributed by atoms with Gasteiger partial charge in [0.2, 0.25) is 0 Å². The Labute approximate surface area is 87.4 Å². The quantitative estimate of drug-likeness (QED) is 0.818. The van der Waals surface area contributed by atoms with E-state index in [-0.39, 0.29) is 5.82 Å². The van der Waals surface area contributed by atoms with Crippen LogP contribution in [0.2, 0.25) is 0 Å².